The number of ketones is 1. The molecular weight excluding hydrogens is 455 g/mol. The highest BCUT2D eigenvalue weighted by molar-refractivity contribution is 6.16. The van der Waals surface area contributed by atoms with Gasteiger partial charge in [-0.25, -0.2) is 4.39 Å². The molecule has 1 aromatic heterocycles. The molecule has 9 heteroatoms. The van der Waals surface area contributed by atoms with Gasteiger partial charge < -0.3 is 23.9 Å². The number of carbonyl (C=O) groups excluding carboxylic acids is 2. The van der Waals surface area contributed by atoms with Gasteiger partial charge in [0.25, 0.3) is 5.91 Å². The Balaban J connectivity index is 1.53. The first-order valence-corrected chi connectivity index (χ1v) is 11.4. The molecule has 2 aliphatic rings. The molecule has 0 saturated carbocycles. The molecule has 2 aromatic carbocycles. The molecule has 2 aliphatic heterocycles. The van der Waals surface area contributed by atoms with Crippen molar-refractivity contribution in [2.24, 2.45) is 0 Å². The van der Waals surface area contributed by atoms with Crippen molar-refractivity contribution < 1.29 is 33.0 Å². The van der Waals surface area contributed by atoms with E-state index in [1.165, 1.54) is 36.3 Å². The highest BCUT2D eigenvalue weighted by atomic mass is 19.1. The summed E-state index contributed by atoms with van der Waals surface area (Å²) in [5.74, 6) is -2.30. The Morgan fingerprint density at radius 3 is 2.66 bits per heavy atom. The van der Waals surface area contributed by atoms with E-state index in [1.54, 1.807) is 24.3 Å². The predicted molar refractivity (Wildman–Crippen MR) is 125 cm³/mol. The topological polar surface area (TPSA) is 92.5 Å². The lowest BCUT2D eigenvalue weighted by Gasteiger charge is -2.31. The SMILES string of the molecule is COc1cccc2cc(C(=O)C3=C(O)C(=O)N(CCN4CCOCC4)[C@H]3c3ccccc3F)oc12. The van der Waals surface area contributed by atoms with Gasteiger partial charge in [0.2, 0.25) is 5.78 Å². The third-order valence-electron chi connectivity index (χ3n) is 6.46. The van der Waals surface area contributed by atoms with Crippen molar-refractivity contribution >= 4 is 22.7 Å². The Labute approximate surface area is 201 Å². The van der Waals surface area contributed by atoms with Crippen LogP contribution in [0.1, 0.15) is 22.2 Å². The summed E-state index contributed by atoms with van der Waals surface area (Å²) in [5.41, 5.74) is 0.290. The first-order valence-electron chi connectivity index (χ1n) is 11.4. The van der Waals surface area contributed by atoms with Gasteiger partial charge in [0, 0.05) is 37.1 Å². The van der Waals surface area contributed by atoms with E-state index in [0.717, 1.165) is 0 Å². The second-order valence-corrected chi connectivity index (χ2v) is 8.46. The number of hydrogen-bond donors (Lipinski definition) is 1. The Morgan fingerprint density at radius 1 is 1.14 bits per heavy atom. The standard InChI is InChI=1S/C26H25FN2O6/c1-33-19-8-4-5-16-15-20(35-25(16)19)23(30)21-22(17-6-2-3-7-18(17)27)29(26(32)24(21)31)10-9-28-11-13-34-14-12-28/h2-8,15,22,31H,9-14H2,1H3/t22-/m0/s1. The molecule has 1 atom stereocenters. The number of halogens is 1. The molecule has 0 unspecified atom stereocenters. The Morgan fingerprint density at radius 2 is 1.91 bits per heavy atom. The molecule has 0 radical (unpaired) electrons. The molecule has 0 spiro atoms. The molecule has 182 valence electrons. The lowest BCUT2D eigenvalue weighted by molar-refractivity contribution is -0.129. The molecular formula is C26H25FN2O6. The number of nitrogens with zero attached hydrogens (tertiary/aromatic N) is 2. The van der Waals surface area contributed by atoms with Gasteiger partial charge in [0.05, 0.1) is 31.9 Å². The van der Waals surface area contributed by atoms with Crippen LogP contribution in [0.3, 0.4) is 0 Å². The molecule has 0 aliphatic carbocycles. The molecule has 5 rings (SSSR count). The maximum Gasteiger partial charge on any atom is 0.290 e. The lowest BCUT2D eigenvalue weighted by atomic mass is 9.94. The molecule has 1 saturated heterocycles. The minimum atomic E-state index is -1.09. The van der Waals surface area contributed by atoms with Crippen molar-refractivity contribution in [3.63, 3.8) is 0 Å². The maximum absolute atomic E-state index is 14.9. The number of para-hydroxylation sites is 1. The molecule has 35 heavy (non-hydrogen) atoms. The lowest BCUT2D eigenvalue weighted by Crippen LogP contribution is -2.43. The summed E-state index contributed by atoms with van der Waals surface area (Å²) in [7, 11) is 1.49. The molecule has 1 amide bonds. The first-order chi connectivity index (χ1) is 17.0. The van der Waals surface area contributed by atoms with Gasteiger partial charge in [-0.1, -0.05) is 30.3 Å². The minimum absolute atomic E-state index is 0.0739. The zero-order chi connectivity index (χ0) is 24.5. The number of carbonyl (C=O) groups is 2. The van der Waals surface area contributed by atoms with Crippen molar-refractivity contribution in [2.75, 3.05) is 46.5 Å². The van der Waals surface area contributed by atoms with Crippen LogP contribution in [0.25, 0.3) is 11.0 Å². The number of methoxy groups -OCH3 is 1. The van der Waals surface area contributed by atoms with Crippen LogP contribution in [0.4, 0.5) is 4.39 Å². The van der Waals surface area contributed by atoms with Gasteiger partial charge >= 0.3 is 0 Å². The van der Waals surface area contributed by atoms with Crippen LogP contribution < -0.4 is 4.74 Å². The number of rotatable bonds is 7. The van der Waals surface area contributed by atoms with Crippen LogP contribution in [0.15, 0.2) is 64.3 Å². The van der Waals surface area contributed by atoms with Crippen LogP contribution >= 0.6 is 0 Å². The molecule has 8 nitrogen and oxygen atoms in total. The van der Waals surface area contributed by atoms with E-state index >= 15 is 0 Å². The highest BCUT2D eigenvalue weighted by Gasteiger charge is 2.45. The first kappa shape index (κ1) is 23.1. The highest BCUT2D eigenvalue weighted by Crippen LogP contribution is 2.41. The number of aliphatic hydroxyl groups is 1. The van der Waals surface area contributed by atoms with Gasteiger partial charge in [0.15, 0.2) is 22.9 Å². The van der Waals surface area contributed by atoms with Gasteiger partial charge in [-0.15, -0.1) is 0 Å². The number of hydrogen-bond acceptors (Lipinski definition) is 7. The zero-order valence-corrected chi connectivity index (χ0v) is 19.2. The van der Waals surface area contributed by atoms with Crippen molar-refractivity contribution in [3.8, 4) is 5.75 Å². The second-order valence-electron chi connectivity index (χ2n) is 8.46. The molecule has 1 fully saturated rings. The van der Waals surface area contributed by atoms with Crippen LogP contribution in [-0.2, 0) is 9.53 Å². The summed E-state index contributed by atoms with van der Waals surface area (Å²) < 4.78 is 31.4. The van der Waals surface area contributed by atoms with E-state index in [1.807, 2.05) is 0 Å². The van der Waals surface area contributed by atoms with Crippen LogP contribution in [-0.4, -0.2) is 73.1 Å². The fourth-order valence-electron chi connectivity index (χ4n) is 4.65. The van der Waals surface area contributed by atoms with Crippen molar-refractivity contribution in [1.82, 2.24) is 9.80 Å². The van der Waals surface area contributed by atoms with Gasteiger partial charge in [-0.2, -0.15) is 0 Å². The summed E-state index contributed by atoms with van der Waals surface area (Å²) >= 11 is 0. The van der Waals surface area contributed by atoms with Crippen molar-refractivity contribution in [3.05, 3.63) is 77.0 Å². The molecule has 3 aromatic rings. The van der Waals surface area contributed by atoms with Crippen LogP contribution in [0.5, 0.6) is 5.75 Å². The number of ether oxygens (including phenoxy) is 2. The smallest absolute Gasteiger partial charge is 0.290 e. The van der Waals surface area contributed by atoms with Gasteiger partial charge in [0.1, 0.15) is 5.82 Å². The fourth-order valence-corrected chi connectivity index (χ4v) is 4.65. The van der Waals surface area contributed by atoms with E-state index < -0.39 is 29.3 Å². The predicted octanol–water partition coefficient (Wildman–Crippen LogP) is 3.49. The number of aliphatic hydroxyl groups excluding tert-OH is 1. The average molecular weight is 480 g/mol. The van der Waals surface area contributed by atoms with E-state index in [4.69, 9.17) is 13.9 Å². The number of fused-ring (bicyclic) bond motifs is 1. The number of Topliss-reactive ketones (excluding diaryl/α,β-unsaturated/α-hetero) is 1. The van der Waals surface area contributed by atoms with Gasteiger partial charge in [-0.05, 0) is 18.2 Å². The Bertz CT molecular complexity index is 1310. The summed E-state index contributed by atoms with van der Waals surface area (Å²) in [6.07, 6.45) is 0. The van der Waals surface area contributed by atoms with Crippen LogP contribution in [0.2, 0.25) is 0 Å². The zero-order valence-electron chi connectivity index (χ0n) is 19.2. The van der Waals surface area contributed by atoms with Crippen LogP contribution in [0, 0.1) is 5.82 Å². The van der Waals surface area contributed by atoms with E-state index in [2.05, 4.69) is 4.90 Å². The normalized spacial score (nSPS) is 19.1. The third kappa shape index (κ3) is 4.17. The van der Waals surface area contributed by atoms with E-state index in [9.17, 15) is 19.1 Å². The number of furan rings is 1. The third-order valence-corrected chi connectivity index (χ3v) is 6.46. The monoisotopic (exact) mass is 480 g/mol. The summed E-state index contributed by atoms with van der Waals surface area (Å²) in [6.45, 7) is 3.29. The molecule has 3 heterocycles. The average Bonchev–Trinajstić information content (AvgIpc) is 3.42. The number of morpholine rings is 1. The van der Waals surface area contributed by atoms with Crippen molar-refractivity contribution in [2.45, 2.75) is 6.04 Å². The van der Waals surface area contributed by atoms with Crippen molar-refractivity contribution in [1.29, 1.82) is 0 Å². The van der Waals surface area contributed by atoms with Gasteiger partial charge in [-0.3, -0.25) is 14.5 Å². The number of amides is 1. The summed E-state index contributed by atoms with van der Waals surface area (Å²) in [5, 5.41) is 11.5. The molecule has 0 bridgehead atoms. The second kappa shape index (κ2) is 9.52. The largest absolute Gasteiger partial charge is 0.503 e. The van der Waals surface area contributed by atoms with E-state index in [0.29, 0.717) is 49.6 Å². The quantitative estimate of drug-likeness (QED) is 0.518. The Hall–Kier alpha value is -3.69. The summed E-state index contributed by atoms with van der Waals surface area (Å²) in [4.78, 5) is 30.2. The number of benzene rings is 2. The molecule has 1 N–H and O–H groups in total. The minimum Gasteiger partial charge on any atom is -0.503 e. The Kier molecular flexibility index (Phi) is 6.27. The maximum atomic E-state index is 14.9. The summed E-state index contributed by atoms with van der Waals surface area (Å²) in [6, 6.07) is 11.6. The van der Waals surface area contributed by atoms with E-state index in [-0.39, 0.29) is 23.4 Å². The fraction of sp³-hybridized carbons (Fsp3) is 0.308.